The SMILES string of the molecule is Cc1ncsc1CNC(=O)CC1CCNC1.Cl.Cl. The molecule has 0 bridgehead atoms. The molecular weight excluding hydrogens is 293 g/mol. The summed E-state index contributed by atoms with van der Waals surface area (Å²) in [6, 6.07) is 0. The van der Waals surface area contributed by atoms with E-state index < -0.39 is 0 Å². The van der Waals surface area contributed by atoms with E-state index in [4.69, 9.17) is 0 Å². The van der Waals surface area contributed by atoms with Gasteiger partial charge in [0.05, 0.1) is 17.7 Å². The fourth-order valence-electron chi connectivity index (χ4n) is 1.90. The van der Waals surface area contributed by atoms with Crippen LogP contribution in [0.15, 0.2) is 5.51 Å². The number of hydrogen-bond acceptors (Lipinski definition) is 4. The number of rotatable bonds is 4. The van der Waals surface area contributed by atoms with Crippen molar-refractivity contribution >= 4 is 42.1 Å². The first kappa shape index (κ1) is 17.6. The van der Waals surface area contributed by atoms with Crippen LogP contribution >= 0.6 is 36.2 Å². The van der Waals surface area contributed by atoms with Crippen LogP contribution in [-0.2, 0) is 11.3 Å². The molecule has 0 spiro atoms. The van der Waals surface area contributed by atoms with Gasteiger partial charge in [0.1, 0.15) is 0 Å². The Labute approximate surface area is 124 Å². The van der Waals surface area contributed by atoms with E-state index in [-0.39, 0.29) is 30.7 Å². The van der Waals surface area contributed by atoms with Crippen molar-refractivity contribution in [3.8, 4) is 0 Å². The largest absolute Gasteiger partial charge is 0.351 e. The average molecular weight is 312 g/mol. The zero-order valence-electron chi connectivity index (χ0n) is 10.3. The Morgan fingerprint density at radius 3 is 2.94 bits per heavy atom. The Morgan fingerprint density at radius 1 is 1.61 bits per heavy atom. The van der Waals surface area contributed by atoms with Crippen molar-refractivity contribution in [2.75, 3.05) is 13.1 Å². The lowest BCUT2D eigenvalue weighted by molar-refractivity contribution is -0.122. The van der Waals surface area contributed by atoms with Gasteiger partial charge in [0, 0.05) is 11.3 Å². The predicted molar refractivity (Wildman–Crippen MR) is 78.8 cm³/mol. The highest BCUT2D eigenvalue weighted by Gasteiger charge is 2.17. The Kier molecular flexibility index (Phi) is 8.52. The number of aromatic nitrogens is 1. The smallest absolute Gasteiger partial charge is 0.220 e. The third-order valence-corrected chi connectivity index (χ3v) is 3.86. The van der Waals surface area contributed by atoms with E-state index in [1.165, 1.54) is 0 Å². The van der Waals surface area contributed by atoms with Crippen LogP contribution in [0.5, 0.6) is 0 Å². The van der Waals surface area contributed by atoms with Crippen LogP contribution in [0.1, 0.15) is 23.4 Å². The maximum Gasteiger partial charge on any atom is 0.220 e. The highest BCUT2D eigenvalue weighted by atomic mass is 35.5. The Balaban J connectivity index is 0.00000144. The van der Waals surface area contributed by atoms with Crippen LogP contribution in [0.3, 0.4) is 0 Å². The molecule has 2 rings (SSSR count). The zero-order chi connectivity index (χ0) is 11.4. The first-order chi connectivity index (χ1) is 7.75. The summed E-state index contributed by atoms with van der Waals surface area (Å²) in [5.41, 5.74) is 2.84. The van der Waals surface area contributed by atoms with Gasteiger partial charge in [-0.25, -0.2) is 4.98 Å². The second-order valence-corrected chi connectivity index (χ2v) is 5.14. The summed E-state index contributed by atoms with van der Waals surface area (Å²) in [4.78, 5) is 17.0. The van der Waals surface area contributed by atoms with Gasteiger partial charge in [-0.1, -0.05) is 0 Å². The van der Waals surface area contributed by atoms with Crippen molar-refractivity contribution in [3.05, 3.63) is 16.1 Å². The molecule has 1 amide bonds. The summed E-state index contributed by atoms with van der Waals surface area (Å²) >= 11 is 1.60. The van der Waals surface area contributed by atoms with E-state index >= 15 is 0 Å². The fourth-order valence-corrected chi connectivity index (χ4v) is 2.61. The Hall–Kier alpha value is -0.360. The molecule has 18 heavy (non-hydrogen) atoms. The third-order valence-electron chi connectivity index (χ3n) is 2.93. The molecule has 1 atom stereocenters. The molecule has 4 nitrogen and oxygen atoms in total. The molecule has 0 aromatic carbocycles. The van der Waals surface area contributed by atoms with Crippen molar-refractivity contribution in [2.45, 2.75) is 26.3 Å². The summed E-state index contributed by atoms with van der Waals surface area (Å²) in [5.74, 6) is 0.670. The normalized spacial score (nSPS) is 17.7. The molecule has 1 aromatic heterocycles. The van der Waals surface area contributed by atoms with Gasteiger partial charge in [-0.2, -0.15) is 0 Å². The number of thiazole rings is 1. The van der Waals surface area contributed by atoms with Crippen molar-refractivity contribution in [1.29, 1.82) is 0 Å². The standard InChI is InChI=1S/C11H17N3OS.2ClH/c1-8-10(16-7-14-8)6-13-11(15)4-9-2-3-12-5-9;;/h7,9,12H,2-6H2,1H3,(H,13,15);2*1H. The number of halogens is 2. The summed E-state index contributed by atoms with van der Waals surface area (Å²) in [6.07, 6.45) is 1.76. The van der Waals surface area contributed by atoms with Gasteiger partial charge in [0.2, 0.25) is 5.91 Å². The number of aryl methyl sites for hydroxylation is 1. The van der Waals surface area contributed by atoms with Gasteiger partial charge in [-0.05, 0) is 32.4 Å². The van der Waals surface area contributed by atoms with Gasteiger partial charge >= 0.3 is 0 Å². The molecule has 1 saturated heterocycles. The molecule has 2 N–H and O–H groups in total. The second-order valence-electron chi connectivity index (χ2n) is 4.20. The lowest BCUT2D eigenvalue weighted by Crippen LogP contribution is -2.25. The molecule has 104 valence electrons. The van der Waals surface area contributed by atoms with E-state index in [9.17, 15) is 4.79 Å². The lowest BCUT2D eigenvalue weighted by Gasteiger charge is -2.08. The van der Waals surface area contributed by atoms with E-state index in [0.29, 0.717) is 18.9 Å². The Morgan fingerprint density at radius 2 is 2.39 bits per heavy atom. The number of hydrogen-bond donors (Lipinski definition) is 2. The van der Waals surface area contributed by atoms with Gasteiger partial charge in [0.25, 0.3) is 0 Å². The molecular formula is C11H19Cl2N3OS. The quantitative estimate of drug-likeness (QED) is 0.893. The van der Waals surface area contributed by atoms with Crippen LogP contribution in [0, 0.1) is 12.8 Å². The minimum absolute atomic E-state index is 0. The Bertz CT molecular complexity index is 367. The highest BCUT2D eigenvalue weighted by Crippen LogP contribution is 2.13. The summed E-state index contributed by atoms with van der Waals surface area (Å²) in [6.45, 7) is 4.62. The maximum absolute atomic E-state index is 11.7. The lowest BCUT2D eigenvalue weighted by atomic mass is 10.0. The maximum atomic E-state index is 11.7. The summed E-state index contributed by atoms with van der Waals surface area (Å²) in [5, 5.41) is 6.23. The number of nitrogens with one attached hydrogen (secondary N) is 2. The van der Waals surface area contributed by atoms with Crippen molar-refractivity contribution in [3.63, 3.8) is 0 Å². The van der Waals surface area contributed by atoms with Crippen molar-refractivity contribution in [1.82, 2.24) is 15.6 Å². The first-order valence-electron chi connectivity index (χ1n) is 5.62. The van der Waals surface area contributed by atoms with E-state index in [0.717, 1.165) is 30.1 Å². The molecule has 7 heteroatoms. The molecule has 1 fully saturated rings. The van der Waals surface area contributed by atoms with Crippen molar-refractivity contribution < 1.29 is 4.79 Å². The van der Waals surface area contributed by atoms with Crippen LogP contribution in [0.25, 0.3) is 0 Å². The molecule has 0 saturated carbocycles. The monoisotopic (exact) mass is 311 g/mol. The van der Waals surface area contributed by atoms with E-state index in [1.807, 2.05) is 12.4 Å². The molecule has 1 aromatic rings. The van der Waals surface area contributed by atoms with Crippen molar-refractivity contribution in [2.24, 2.45) is 5.92 Å². The van der Waals surface area contributed by atoms with E-state index in [1.54, 1.807) is 11.3 Å². The first-order valence-corrected chi connectivity index (χ1v) is 6.50. The number of carbonyl (C=O) groups is 1. The van der Waals surface area contributed by atoms with Gasteiger partial charge in [-0.15, -0.1) is 36.2 Å². The topological polar surface area (TPSA) is 54.0 Å². The van der Waals surface area contributed by atoms with Crippen LogP contribution in [0.2, 0.25) is 0 Å². The minimum atomic E-state index is 0. The zero-order valence-corrected chi connectivity index (χ0v) is 12.7. The fraction of sp³-hybridized carbons (Fsp3) is 0.636. The summed E-state index contributed by atoms with van der Waals surface area (Å²) in [7, 11) is 0. The molecule has 1 aliphatic rings. The predicted octanol–water partition coefficient (Wildman–Crippen LogP) is 1.91. The van der Waals surface area contributed by atoms with Gasteiger partial charge < -0.3 is 10.6 Å². The molecule has 0 radical (unpaired) electrons. The number of nitrogens with zero attached hydrogens (tertiary/aromatic N) is 1. The third kappa shape index (κ3) is 5.10. The molecule has 1 unspecified atom stereocenters. The van der Waals surface area contributed by atoms with Crippen LogP contribution in [0.4, 0.5) is 0 Å². The second kappa shape index (κ2) is 8.69. The van der Waals surface area contributed by atoms with Gasteiger partial charge in [0.15, 0.2) is 0 Å². The van der Waals surface area contributed by atoms with Crippen LogP contribution < -0.4 is 10.6 Å². The van der Waals surface area contributed by atoms with Crippen LogP contribution in [-0.4, -0.2) is 24.0 Å². The highest BCUT2D eigenvalue weighted by molar-refractivity contribution is 7.09. The number of amides is 1. The van der Waals surface area contributed by atoms with Gasteiger partial charge in [-0.3, -0.25) is 4.79 Å². The molecule has 2 heterocycles. The number of carbonyl (C=O) groups excluding carboxylic acids is 1. The summed E-state index contributed by atoms with van der Waals surface area (Å²) < 4.78 is 0. The molecule has 0 aliphatic carbocycles. The molecule has 1 aliphatic heterocycles. The minimum Gasteiger partial charge on any atom is -0.351 e. The average Bonchev–Trinajstić information content (AvgIpc) is 2.87. The van der Waals surface area contributed by atoms with E-state index in [2.05, 4.69) is 15.6 Å².